The van der Waals surface area contributed by atoms with Gasteiger partial charge in [-0.25, -0.2) is 4.98 Å². The highest BCUT2D eigenvalue weighted by atomic mass is 32.2. The molecule has 0 saturated heterocycles. The number of rotatable bonds is 8. The summed E-state index contributed by atoms with van der Waals surface area (Å²) in [6.45, 7) is 8.99. The quantitative estimate of drug-likeness (QED) is 0.552. The molecule has 0 aliphatic rings. The summed E-state index contributed by atoms with van der Waals surface area (Å²) in [5.74, 6) is 1.96. The molecule has 0 bridgehead atoms. The Morgan fingerprint density at radius 1 is 1.25 bits per heavy atom. The number of para-hydroxylation sites is 1. The predicted molar refractivity (Wildman–Crippen MR) is 114 cm³/mol. The SMILES string of the molecule is Cc1ccccc1-n1c(C)nnc1SCc1nc(C(=O)NCCC(C)C)cs1. The van der Waals surface area contributed by atoms with Gasteiger partial charge in [-0.15, -0.1) is 21.5 Å². The monoisotopic (exact) mass is 415 g/mol. The van der Waals surface area contributed by atoms with E-state index in [1.165, 1.54) is 16.9 Å². The first-order valence-electron chi connectivity index (χ1n) is 9.29. The van der Waals surface area contributed by atoms with Crippen molar-refractivity contribution in [1.29, 1.82) is 0 Å². The molecule has 8 heteroatoms. The highest BCUT2D eigenvalue weighted by Gasteiger charge is 2.15. The van der Waals surface area contributed by atoms with Crippen LogP contribution < -0.4 is 5.32 Å². The number of nitrogens with one attached hydrogen (secondary N) is 1. The molecule has 148 valence electrons. The van der Waals surface area contributed by atoms with E-state index in [4.69, 9.17) is 0 Å². The number of nitrogens with zero attached hydrogens (tertiary/aromatic N) is 4. The van der Waals surface area contributed by atoms with E-state index in [2.05, 4.69) is 58.0 Å². The van der Waals surface area contributed by atoms with Gasteiger partial charge < -0.3 is 5.32 Å². The van der Waals surface area contributed by atoms with Crippen LogP contribution in [0.5, 0.6) is 0 Å². The predicted octanol–water partition coefficient (Wildman–Crippen LogP) is 4.41. The molecule has 0 radical (unpaired) electrons. The fourth-order valence-electron chi connectivity index (χ4n) is 2.70. The van der Waals surface area contributed by atoms with E-state index >= 15 is 0 Å². The minimum Gasteiger partial charge on any atom is -0.351 e. The van der Waals surface area contributed by atoms with Crippen molar-refractivity contribution >= 4 is 29.0 Å². The lowest BCUT2D eigenvalue weighted by Gasteiger charge is -2.10. The molecule has 1 N–H and O–H groups in total. The number of hydrogen-bond acceptors (Lipinski definition) is 6. The fraction of sp³-hybridized carbons (Fsp3) is 0.400. The molecule has 2 aromatic heterocycles. The molecule has 2 heterocycles. The zero-order valence-corrected chi connectivity index (χ0v) is 18.2. The standard InChI is InChI=1S/C20H25N5OS2/c1-13(2)9-10-21-19(26)16-11-27-18(22-16)12-28-20-24-23-15(4)25(20)17-8-6-5-7-14(17)3/h5-8,11,13H,9-10,12H2,1-4H3,(H,21,26). The number of thiazole rings is 1. The Hall–Kier alpha value is -2.19. The summed E-state index contributed by atoms with van der Waals surface area (Å²) in [7, 11) is 0. The largest absolute Gasteiger partial charge is 0.351 e. The molecule has 0 fully saturated rings. The van der Waals surface area contributed by atoms with Gasteiger partial charge in [0.15, 0.2) is 5.16 Å². The summed E-state index contributed by atoms with van der Waals surface area (Å²) in [4.78, 5) is 16.7. The molecule has 0 spiro atoms. The Morgan fingerprint density at radius 3 is 2.79 bits per heavy atom. The van der Waals surface area contributed by atoms with Crippen molar-refractivity contribution in [2.45, 2.75) is 45.0 Å². The summed E-state index contributed by atoms with van der Waals surface area (Å²) < 4.78 is 2.06. The summed E-state index contributed by atoms with van der Waals surface area (Å²) in [6, 6.07) is 8.18. The average molecular weight is 416 g/mol. The van der Waals surface area contributed by atoms with Crippen LogP contribution in [0.4, 0.5) is 0 Å². The molecule has 6 nitrogen and oxygen atoms in total. The van der Waals surface area contributed by atoms with Gasteiger partial charge in [-0.1, -0.05) is 43.8 Å². The summed E-state index contributed by atoms with van der Waals surface area (Å²) in [5.41, 5.74) is 2.74. The van der Waals surface area contributed by atoms with Crippen LogP contribution in [0.25, 0.3) is 5.69 Å². The van der Waals surface area contributed by atoms with E-state index < -0.39 is 0 Å². The van der Waals surface area contributed by atoms with Crippen LogP contribution in [-0.4, -0.2) is 32.2 Å². The molecule has 0 aliphatic heterocycles. The molecule has 0 unspecified atom stereocenters. The van der Waals surface area contributed by atoms with Gasteiger partial charge >= 0.3 is 0 Å². The lowest BCUT2D eigenvalue weighted by atomic mass is 10.1. The normalized spacial score (nSPS) is 11.2. The number of benzene rings is 1. The van der Waals surface area contributed by atoms with Crippen molar-refractivity contribution in [3.8, 4) is 5.69 Å². The van der Waals surface area contributed by atoms with E-state index in [1.807, 2.05) is 24.4 Å². The first-order valence-corrected chi connectivity index (χ1v) is 11.2. The van der Waals surface area contributed by atoms with Crippen LogP contribution in [0.1, 0.15) is 47.2 Å². The second kappa shape index (κ2) is 9.34. The van der Waals surface area contributed by atoms with Crippen molar-refractivity contribution < 1.29 is 4.79 Å². The number of aromatic nitrogens is 4. The maximum atomic E-state index is 12.2. The van der Waals surface area contributed by atoms with Gasteiger partial charge in [0.05, 0.1) is 11.4 Å². The van der Waals surface area contributed by atoms with E-state index in [0.717, 1.165) is 28.1 Å². The maximum Gasteiger partial charge on any atom is 0.270 e. The molecule has 1 aromatic carbocycles. The Kier molecular flexibility index (Phi) is 6.85. The molecule has 28 heavy (non-hydrogen) atoms. The van der Waals surface area contributed by atoms with E-state index in [1.54, 1.807) is 11.8 Å². The van der Waals surface area contributed by atoms with Gasteiger partial charge in [0.25, 0.3) is 5.91 Å². The molecule has 3 rings (SSSR count). The Bertz CT molecular complexity index is 948. The van der Waals surface area contributed by atoms with E-state index in [-0.39, 0.29) is 5.91 Å². The second-order valence-electron chi connectivity index (χ2n) is 7.01. The number of amides is 1. The summed E-state index contributed by atoms with van der Waals surface area (Å²) in [5, 5.41) is 15.0. The molecular formula is C20H25N5OS2. The molecular weight excluding hydrogens is 390 g/mol. The lowest BCUT2D eigenvalue weighted by Crippen LogP contribution is -2.25. The van der Waals surface area contributed by atoms with E-state index in [9.17, 15) is 4.79 Å². The minimum atomic E-state index is -0.105. The molecule has 1 amide bonds. The topological polar surface area (TPSA) is 72.7 Å². The maximum absolute atomic E-state index is 12.2. The number of hydrogen-bond donors (Lipinski definition) is 1. The zero-order chi connectivity index (χ0) is 20.1. The third-order valence-corrected chi connectivity index (χ3v) is 6.24. The van der Waals surface area contributed by atoms with Crippen LogP contribution >= 0.6 is 23.1 Å². The first kappa shape index (κ1) is 20.5. The molecule has 0 aliphatic carbocycles. The molecule has 0 saturated carbocycles. The number of carbonyl (C=O) groups is 1. The van der Waals surface area contributed by atoms with Gasteiger partial charge in [-0.2, -0.15) is 0 Å². The average Bonchev–Trinajstić information content (AvgIpc) is 3.27. The second-order valence-corrected chi connectivity index (χ2v) is 8.89. The molecule has 3 aromatic rings. The summed E-state index contributed by atoms with van der Waals surface area (Å²) in [6.07, 6.45) is 0.965. The van der Waals surface area contributed by atoms with Crippen LogP contribution in [-0.2, 0) is 5.75 Å². The van der Waals surface area contributed by atoms with Crippen LogP contribution in [0, 0.1) is 19.8 Å². The highest BCUT2D eigenvalue weighted by Crippen LogP contribution is 2.27. The molecule has 0 atom stereocenters. The van der Waals surface area contributed by atoms with Gasteiger partial charge in [-0.05, 0) is 37.8 Å². The zero-order valence-electron chi connectivity index (χ0n) is 16.6. The Morgan fingerprint density at radius 2 is 2.04 bits per heavy atom. The van der Waals surface area contributed by atoms with Crippen LogP contribution in [0.2, 0.25) is 0 Å². The van der Waals surface area contributed by atoms with Gasteiger partial charge in [0.1, 0.15) is 16.5 Å². The number of aryl methyl sites for hydroxylation is 2. The number of thioether (sulfide) groups is 1. The van der Waals surface area contributed by atoms with Crippen molar-refractivity contribution in [3.63, 3.8) is 0 Å². The van der Waals surface area contributed by atoms with E-state index in [0.29, 0.717) is 23.9 Å². The fourth-order valence-corrected chi connectivity index (χ4v) is 4.48. The van der Waals surface area contributed by atoms with Crippen LogP contribution in [0.15, 0.2) is 34.8 Å². The van der Waals surface area contributed by atoms with Gasteiger partial charge in [0, 0.05) is 11.9 Å². The minimum absolute atomic E-state index is 0.105. The van der Waals surface area contributed by atoms with Crippen LogP contribution in [0.3, 0.4) is 0 Å². The van der Waals surface area contributed by atoms with Gasteiger partial charge in [-0.3, -0.25) is 9.36 Å². The Balaban J connectivity index is 1.65. The van der Waals surface area contributed by atoms with Crippen molar-refractivity contribution in [3.05, 3.63) is 51.7 Å². The third-order valence-electron chi connectivity index (χ3n) is 4.27. The lowest BCUT2D eigenvalue weighted by molar-refractivity contribution is 0.0947. The first-order chi connectivity index (χ1) is 13.5. The summed E-state index contributed by atoms with van der Waals surface area (Å²) >= 11 is 3.08. The van der Waals surface area contributed by atoms with Gasteiger partial charge in [0.2, 0.25) is 0 Å². The van der Waals surface area contributed by atoms with Crippen molar-refractivity contribution in [2.24, 2.45) is 5.92 Å². The highest BCUT2D eigenvalue weighted by molar-refractivity contribution is 7.98. The van der Waals surface area contributed by atoms with Crippen molar-refractivity contribution in [2.75, 3.05) is 6.54 Å². The Labute approximate surface area is 173 Å². The number of carbonyl (C=O) groups excluding carboxylic acids is 1. The van der Waals surface area contributed by atoms with Crippen molar-refractivity contribution in [1.82, 2.24) is 25.1 Å². The smallest absolute Gasteiger partial charge is 0.270 e. The third kappa shape index (κ3) is 4.99.